The number of anilines is 1. The van der Waals surface area contributed by atoms with Gasteiger partial charge in [0.15, 0.2) is 0 Å². The molecular weight excluding hydrogens is 564 g/mol. The van der Waals surface area contributed by atoms with Crippen molar-refractivity contribution in [2.75, 3.05) is 44.2 Å². The zero-order valence-corrected chi connectivity index (χ0v) is 26.7. The SMILES string of the molecule is CC(=O)N1CCc2c(c(-c3ccc(Cl)cc3)nn2CC(CN2CCN(c3ccccc3C)CC2)OC(=O)NC(C)(C)C)C1. The minimum absolute atomic E-state index is 0.0466. The van der Waals surface area contributed by atoms with Gasteiger partial charge in [-0.1, -0.05) is 41.9 Å². The number of nitrogens with one attached hydrogen (secondary N) is 1. The number of halogens is 1. The highest BCUT2D eigenvalue weighted by Crippen LogP contribution is 2.31. The summed E-state index contributed by atoms with van der Waals surface area (Å²) in [5.74, 6) is 0.0466. The van der Waals surface area contributed by atoms with Crippen LogP contribution in [0.1, 0.15) is 44.5 Å². The van der Waals surface area contributed by atoms with E-state index in [1.165, 1.54) is 11.3 Å². The van der Waals surface area contributed by atoms with Gasteiger partial charge in [0.2, 0.25) is 5.91 Å². The lowest BCUT2D eigenvalue weighted by Crippen LogP contribution is -2.51. The first-order valence-corrected chi connectivity index (χ1v) is 15.5. The van der Waals surface area contributed by atoms with Crippen molar-refractivity contribution in [2.24, 2.45) is 0 Å². The van der Waals surface area contributed by atoms with Gasteiger partial charge in [-0.15, -0.1) is 0 Å². The van der Waals surface area contributed by atoms with E-state index in [0.29, 0.717) is 37.6 Å². The van der Waals surface area contributed by atoms with Crippen LogP contribution >= 0.6 is 11.6 Å². The molecule has 3 heterocycles. The number of aromatic nitrogens is 2. The number of hydrogen-bond acceptors (Lipinski definition) is 6. The number of carbonyl (C=O) groups excluding carboxylic acids is 2. The number of fused-ring (bicyclic) bond motifs is 1. The van der Waals surface area contributed by atoms with E-state index in [0.717, 1.165) is 48.7 Å². The molecule has 230 valence electrons. The van der Waals surface area contributed by atoms with Crippen molar-refractivity contribution in [3.8, 4) is 11.3 Å². The van der Waals surface area contributed by atoms with Crippen molar-refractivity contribution in [1.29, 1.82) is 0 Å². The van der Waals surface area contributed by atoms with E-state index in [-0.39, 0.29) is 5.91 Å². The fourth-order valence-corrected chi connectivity index (χ4v) is 6.07. The van der Waals surface area contributed by atoms with Crippen LogP contribution in [0.25, 0.3) is 11.3 Å². The van der Waals surface area contributed by atoms with Crippen molar-refractivity contribution >= 4 is 29.3 Å². The summed E-state index contributed by atoms with van der Waals surface area (Å²) < 4.78 is 8.09. The quantitative estimate of drug-likeness (QED) is 0.401. The molecule has 1 fully saturated rings. The van der Waals surface area contributed by atoms with Crippen molar-refractivity contribution < 1.29 is 14.3 Å². The van der Waals surface area contributed by atoms with Gasteiger partial charge in [0.1, 0.15) is 6.10 Å². The summed E-state index contributed by atoms with van der Waals surface area (Å²) in [4.78, 5) is 31.9. The second kappa shape index (κ2) is 13.0. The second-order valence-corrected chi connectivity index (χ2v) is 13.1. The lowest BCUT2D eigenvalue weighted by molar-refractivity contribution is -0.129. The molecule has 1 aromatic heterocycles. The smallest absolute Gasteiger partial charge is 0.407 e. The predicted octanol–water partition coefficient (Wildman–Crippen LogP) is 5.13. The monoisotopic (exact) mass is 606 g/mol. The molecule has 0 saturated carbocycles. The van der Waals surface area contributed by atoms with Gasteiger partial charge < -0.3 is 19.9 Å². The molecule has 43 heavy (non-hydrogen) atoms. The number of nitrogens with zero attached hydrogens (tertiary/aromatic N) is 5. The van der Waals surface area contributed by atoms with Gasteiger partial charge >= 0.3 is 6.09 Å². The number of amides is 2. The number of carbonyl (C=O) groups is 2. The summed E-state index contributed by atoms with van der Waals surface area (Å²) in [5.41, 5.74) is 6.03. The summed E-state index contributed by atoms with van der Waals surface area (Å²) in [5, 5.41) is 8.66. The van der Waals surface area contributed by atoms with Crippen molar-refractivity contribution in [3.05, 3.63) is 70.4 Å². The fourth-order valence-electron chi connectivity index (χ4n) is 5.94. The molecule has 0 aliphatic carbocycles. The first-order chi connectivity index (χ1) is 20.5. The molecule has 3 aromatic rings. The molecule has 5 rings (SSSR count). The van der Waals surface area contributed by atoms with Crippen molar-refractivity contribution in [1.82, 2.24) is 24.9 Å². The molecule has 1 atom stereocenters. The Morgan fingerprint density at radius 1 is 1.00 bits per heavy atom. The number of aryl methyl sites for hydroxylation is 1. The minimum Gasteiger partial charge on any atom is -0.443 e. The normalized spacial score (nSPS) is 16.5. The zero-order chi connectivity index (χ0) is 30.7. The average molecular weight is 607 g/mol. The van der Waals surface area contributed by atoms with Crippen LogP contribution in [0.3, 0.4) is 0 Å². The summed E-state index contributed by atoms with van der Waals surface area (Å²) in [6.07, 6.45) is -0.163. The van der Waals surface area contributed by atoms with Crippen LogP contribution in [0.5, 0.6) is 0 Å². The second-order valence-electron chi connectivity index (χ2n) is 12.6. The number of benzene rings is 2. The molecule has 9 nitrogen and oxygen atoms in total. The van der Waals surface area contributed by atoms with Gasteiger partial charge in [0, 0.05) is 92.2 Å². The van der Waals surface area contributed by atoms with Crippen LogP contribution in [0, 0.1) is 6.92 Å². The van der Waals surface area contributed by atoms with Crippen LogP contribution in [-0.4, -0.2) is 82.5 Å². The van der Waals surface area contributed by atoms with Crippen LogP contribution < -0.4 is 10.2 Å². The highest BCUT2D eigenvalue weighted by atomic mass is 35.5. The maximum atomic E-state index is 13.0. The molecule has 10 heteroatoms. The van der Waals surface area contributed by atoms with Crippen LogP contribution in [-0.2, 0) is 29.0 Å². The maximum Gasteiger partial charge on any atom is 0.407 e. The number of alkyl carbamates (subject to hydrolysis) is 1. The molecule has 1 unspecified atom stereocenters. The first-order valence-electron chi connectivity index (χ1n) is 15.1. The zero-order valence-electron chi connectivity index (χ0n) is 25.9. The molecule has 2 amide bonds. The molecule has 2 aliphatic heterocycles. The Bertz CT molecular complexity index is 1440. The highest BCUT2D eigenvalue weighted by molar-refractivity contribution is 6.30. The van der Waals surface area contributed by atoms with Gasteiger partial charge in [-0.05, 0) is 51.5 Å². The van der Waals surface area contributed by atoms with Gasteiger partial charge in [0.05, 0.1) is 12.2 Å². The number of rotatable bonds is 7. The molecule has 1 N–H and O–H groups in total. The number of hydrogen-bond donors (Lipinski definition) is 1. The molecule has 2 aromatic carbocycles. The summed E-state index contributed by atoms with van der Waals surface area (Å²) in [7, 11) is 0. The Kier molecular flexibility index (Phi) is 9.32. The fraction of sp³-hybridized carbons (Fsp3) is 0.485. The largest absolute Gasteiger partial charge is 0.443 e. The predicted molar refractivity (Wildman–Crippen MR) is 170 cm³/mol. The number of para-hydroxylation sites is 1. The van der Waals surface area contributed by atoms with Gasteiger partial charge in [-0.3, -0.25) is 14.4 Å². The number of ether oxygens (including phenoxy) is 1. The molecule has 0 radical (unpaired) electrons. The van der Waals surface area contributed by atoms with Crippen LogP contribution in [0.15, 0.2) is 48.5 Å². The lowest BCUT2D eigenvalue weighted by Gasteiger charge is -2.38. The lowest BCUT2D eigenvalue weighted by atomic mass is 10.0. The third-order valence-electron chi connectivity index (χ3n) is 8.11. The first kappa shape index (κ1) is 30.9. The topological polar surface area (TPSA) is 82.9 Å². The van der Waals surface area contributed by atoms with E-state index in [9.17, 15) is 9.59 Å². The molecular formula is C33H43ClN6O3. The van der Waals surface area contributed by atoms with Crippen LogP contribution in [0.2, 0.25) is 5.02 Å². The molecule has 0 bridgehead atoms. The Labute approximate surface area is 259 Å². The Balaban J connectivity index is 1.38. The van der Waals surface area contributed by atoms with Crippen LogP contribution in [0.4, 0.5) is 10.5 Å². The van der Waals surface area contributed by atoms with E-state index in [2.05, 4.69) is 46.3 Å². The maximum absolute atomic E-state index is 13.0. The molecule has 1 saturated heterocycles. The summed E-state index contributed by atoms with van der Waals surface area (Å²) >= 11 is 6.18. The van der Waals surface area contributed by atoms with Gasteiger partial charge in [0.25, 0.3) is 0 Å². The van der Waals surface area contributed by atoms with Crippen molar-refractivity contribution in [3.63, 3.8) is 0 Å². The highest BCUT2D eigenvalue weighted by Gasteiger charge is 2.30. The third kappa shape index (κ3) is 7.70. The Morgan fingerprint density at radius 3 is 2.35 bits per heavy atom. The number of piperazine rings is 1. The molecule has 2 aliphatic rings. The summed E-state index contributed by atoms with van der Waals surface area (Å²) in [6, 6.07) is 16.1. The third-order valence-corrected chi connectivity index (χ3v) is 8.37. The summed E-state index contributed by atoms with van der Waals surface area (Å²) in [6.45, 7) is 15.3. The Morgan fingerprint density at radius 2 is 1.70 bits per heavy atom. The van der Waals surface area contributed by atoms with E-state index < -0.39 is 17.7 Å². The standard InChI is InChI=1S/C33H43ClN6O3/c1-23-8-6-7-9-29(23)38-18-16-37(17-19-38)20-27(43-32(42)35-33(3,4)5)21-40-30-14-15-39(24(2)41)22-28(30)31(36-40)25-10-12-26(34)13-11-25/h6-13,27H,14-22H2,1-5H3,(H,35,42). The Hall–Kier alpha value is -3.56. The van der Waals surface area contributed by atoms with Gasteiger partial charge in [-0.25, -0.2) is 4.79 Å². The minimum atomic E-state index is -0.433. The van der Waals surface area contributed by atoms with E-state index in [4.69, 9.17) is 21.4 Å². The molecule has 0 spiro atoms. The van der Waals surface area contributed by atoms with Gasteiger partial charge in [-0.2, -0.15) is 5.10 Å². The van der Waals surface area contributed by atoms with E-state index in [1.807, 2.05) is 54.6 Å². The average Bonchev–Trinajstić information content (AvgIpc) is 3.30. The van der Waals surface area contributed by atoms with E-state index in [1.54, 1.807) is 6.92 Å². The van der Waals surface area contributed by atoms with Crippen molar-refractivity contribution in [2.45, 2.75) is 65.8 Å². The van der Waals surface area contributed by atoms with E-state index >= 15 is 0 Å².